The normalized spacial score (nSPS) is 19.4. The van der Waals surface area contributed by atoms with Gasteiger partial charge in [0.1, 0.15) is 0 Å². The Bertz CT molecular complexity index is 2240. The first-order valence-corrected chi connectivity index (χ1v) is 16.7. The van der Waals surface area contributed by atoms with Crippen LogP contribution in [0.5, 0.6) is 0 Å². The van der Waals surface area contributed by atoms with Crippen molar-refractivity contribution in [2.75, 3.05) is 4.90 Å². The minimum Gasteiger partial charge on any atom is -0.871 e. The van der Waals surface area contributed by atoms with Crippen LogP contribution < -0.4 is 10.0 Å². The van der Waals surface area contributed by atoms with Crippen molar-refractivity contribution in [1.29, 1.82) is 0 Å². The second kappa shape index (κ2) is 12.1. The highest BCUT2D eigenvalue weighted by Crippen LogP contribution is 2.51. The van der Waals surface area contributed by atoms with Gasteiger partial charge in [0.2, 0.25) is 5.69 Å². The summed E-state index contributed by atoms with van der Waals surface area (Å²) in [6.45, 7) is 7.62. The highest BCUT2D eigenvalue weighted by molar-refractivity contribution is 6.24. The molecule has 0 aromatic heterocycles. The molecule has 0 fully saturated rings. The van der Waals surface area contributed by atoms with Crippen molar-refractivity contribution in [3.63, 3.8) is 0 Å². The van der Waals surface area contributed by atoms with Gasteiger partial charge in [-0.05, 0) is 61.4 Å². The fourth-order valence-electron chi connectivity index (χ4n) is 7.47. The number of Topliss-reactive ketones (excluding diaryl/α,β-unsaturated/α-hetero) is 1. The summed E-state index contributed by atoms with van der Waals surface area (Å²) in [5.41, 5.74) is 0.809. The molecule has 4 aromatic rings. The summed E-state index contributed by atoms with van der Waals surface area (Å²) in [5, 5.41) is 13.9. The number of hydrogen-bond acceptors (Lipinski definition) is 3. The molecule has 10 heteroatoms. The predicted molar refractivity (Wildman–Crippen MR) is 185 cm³/mol. The van der Waals surface area contributed by atoms with Gasteiger partial charge >= 0.3 is 12.4 Å². The predicted octanol–water partition coefficient (Wildman–Crippen LogP) is 9.31. The van der Waals surface area contributed by atoms with Gasteiger partial charge in [-0.25, -0.2) is 0 Å². The number of fused-ring (bicyclic) bond motifs is 2. The Labute approximate surface area is 297 Å². The number of nitrogens with zero attached hydrogens (tertiary/aromatic N) is 2. The number of allylic oxidation sites excluding steroid dienone is 5. The molecule has 2 heterocycles. The van der Waals surface area contributed by atoms with Crippen LogP contribution in [0.4, 0.5) is 37.7 Å². The Balaban J connectivity index is 1.34. The van der Waals surface area contributed by atoms with Gasteiger partial charge in [-0.15, -0.1) is 0 Å². The monoisotopic (exact) mass is 712 g/mol. The summed E-state index contributed by atoms with van der Waals surface area (Å²) in [5.74, 6) is -1.09. The molecule has 3 aliphatic rings. The molecule has 1 aliphatic carbocycles. The molecule has 266 valence electrons. The summed E-state index contributed by atoms with van der Waals surface area (Å²) in [6, 6.07) is 25.8. The van der Waals surface area contributed by atoms with E-state index in [2.05, 4.69) is 0 Å². The summed E-state index contributed by atoms with van der Waals surface area (Å²) >= 11 is 0. The van der Waals surface area contributed by atoms with Gasteiger partial charge in [-0.1, -0.05) is 80.3 Å². The van der Waals surface area contributed by atoms with E-state index in [1.54, 1.807) is 27.7 Å². The first kappa shape index (κ1) is 35.0. The average Bonchev–Trinajstić information content (AvgIpc) is 3.43. The number of alkyl halides is 6. The first-order chi connectivity index (χ1) is 24.4. The van der Waals surface area contributed by atoms with Crippen molar-refractivity contribution >= 4 is 22.9 Å². The number of halogens is 6. The van der Waals surface area contributed by atoms with Crippen molar-refractivity contribution in [2.24, 2.45) is 0 Å². The highest BCUT2D eigenvalue weighted by atomic mass is 19.4. The van der Waals surface area contributed by atoms with E-state index >= 15 is 0 Å². The fourth-order valence-corrected chi connectivity index (χ4v) is 7.47. The maximum absolute atomic E-state index is 13.9. The lowest BCUT2D eigenvalue weighted by Crippen LogP contribution is -2.35. The van der Waals surface area contributed by atoms with Crippen LogP contribution in [0.3, 0.4) is 0 Å². The van der Waals surface area contributed by atoms with Gasteiger partial charge in [0, 0.05) is 57.8 Å². The van der Waals surface area contributed by atoms with Gasteiger partial charge < -0.3 is 10.0 Å². The number of carbonyl (C=O) groups excluding carboxylic acids is 1. The molecule has 0 radical (unpaired) electrons. The van der Waals surface area contributed by atoms with E-state index in [-0.39, 0.29) is 24.2 Å². The van der Waals surface area contributed by atoms with E-state index in [1.807, 2.05) is 70.1 Å². The minimum atomic E-state index is -4.57. The highest BCUT2D eigenvalue weighted by Gasteiger charge is 2.48. The number of anilines is 1. The van der Waals surface area contributed by atoms with Crippen LogP contribution in [0.2, 0.25) is 0 Å². The SMILES string of the molecule is CC1(C)C(C=C2C(=O)C(/C=C3\N(Cc4ccccc4)c4ccc(C(F)(F)F)cc4C3(C)C)=C2[O-])=[N+](Cc2ccccc2)c2ccc(C(F)(F)F)cc21. The number of hydrogen-bond donors (Lipinski definition) is 0. The number of carbonyl (C=O) groups is 1. The zero-order valence-corrected chi connectivity index (χ0v) is 28.8. The zero-order chi connectivity index (χ0) is 37.4. The number of benzene rings is 4. The Hall–Kier alpha value is -5.38. The molecule has 2 aliphatic heterocycles. The number of rotatable bonds is 6. The van der Waals surface area contributed by atoms with Crippen LogP contribution in [0.25, 0.3) is 0 Å². The molecule has 0 amide bonds. The van der Waals surface area contributed by atoms with Gasteiger partial charge in [0.15, 0.2) is 18.0 Å². The molecule has 4 aromatic carbocycles. The van der Waals surface area contributed by atoms with Crippen LogP contribution in [0.1, 0.15) is 61.1 Å². The molecule has 4 nitrogen and oxygen atoms in total. The summed E-state index contributed by atoms with van der Waals surface area (Å²) in [4.78, 5) is 15.7. The third-order valence-electron chi connectivity index (χ3n) is 10.3. The fraction of sp³-hybridized carbons (Fsp3) is 0.238. The molecule has 52 heavy (non-hydrogen) atoms. The Kier molecular flexibility index (Phi) is 8.16. The van der Waals surface area contributed by atoms with E-state index in [0.29, 0.717) is 33.9 Å². The molecule has 7 rings (SSSR count). The van der Waals surface area contributed by atoms with Crippen LogP contribution in [0.15, 0.2) is 132 Å². The van der Waals surface area contributed by atoms with Gasteiger partial charge in [0.05, 0.1) is 16.5 Å². The van der Waals surface area contributed by atoms with Crippen LogP contribution in [-0.4, -0.2) is 16.1 Å². The topological polar surface area (TPSA) is 46.4 Å². The van der Waals surface area contributed by atoms with Crippen LogP contribution in [-0.2, 0) is 41.1 Å². The quantitative estimate of drug-likeness (QED) is 0.114. The van der Waals surface area contributed by atoms with Crippen molar-refractivity contribution in [3.8, 4) is 0 Å². The number of ketones is 1. The zero-order valence-electron chi connectivity index (χ0n) is 28.8. The Morgan fingerprint density at radius 1 is 0.712 bits per heavy atom. The van der Waals surface area contributed by atoms with Gasteiger partial charge in [-0.2, -0.15) is 30.9 Å². The third-order valence-corrected chi connectivity index (χ3v) is 10.3. The standard InChI is InChI=1S/C42H34F6N2O2/c1-39(2)31-19-27(41(43,44)45)15-17-33(31)49(23-25-11-7-5-8-12-25)35(39)21-29-37(51)30(38(29)52)22-36-40(3,4)32-20-28(42(46,47)48)16-18-34(32)50(36)24-26-13-9-6-10-14-26/h5-22H,23-24H2,1-4H3. The summed E-state index contributed by atoms with van der Waals surface area (Å²) in [7, 11) is 0. The lowest BCUT2D eigenvalue weighted by atomic mass is 9.77. The van der Waals surface area contributed by atoms with Gasteiger partial charge in [-0.3, -0.25) is 4.79 Å². The molecular formula is C42H34F6N2O2. The molecular weight excluding hydrogens is 678 g/mol. The summed E-state index contributed by atoms with van der Waals surface area (Å²) < 4.78 is 84.7. The third kappa shape index (κ3) is 5.84. The van der Waals surface area contributed by atoms with Crippen molar-refractivity contribution < 1.29 is 40.8 Å². The molecule has 0 N–H and O–H groups in total. The lowest BCUT2D eigenvalue weighted by molar-refractivity contribution is -0.455. The second-order valence-corrected chi connectivity index (χ2v) is 14.4. The van der Waals surface area contributed by atoms with E-state index in [9.17, 15) is 36.2 Å². The van der Waals surface area contributed by atoms with Gasteiger partial charge in [0.25, 0.3) is 0 Å². The first-order valence-electron chi connectivity index (χ1n) is 16.7. The van der Waals surface area contributed by atoms with E-state index in [1.165, 1.54) is 24.3 Å². The Morgan fingerprint density at radius 3 is 1.85 bits per heavy atom. The van der Waals surface area contributed by atoms with E-state index in [4.69, 9.17) is 0 Å². The minimum absolute atomic E-state index is 0.112. The van der Waals surface area contributed by atoms with E-state index < -0.39 is 45.9 Å². The molecule has 0 bridgehead atoms. The van der Waals surface area contributed by atoms with Crippen molar-refractivity contribution in [1.82, 2.24) is 0 Å². The second-order valence-electron chi connectivity index (χ2n) is 14.4. The molecule has 0 saturated heterocycles. The maximum Gasteiger partial charge on any atom is 0.416 e. The largest absolute Gasteiger partial charge is 0.871 e. The molecule has 0 spiro atoms. The van der Waals surface area contributed by atoms with Crippen molar-refractivity contribution in [2.45, 2.75) is 64.0 Å². The van der Waals surface area contributed by atoms with Crippen LogP contribution in [0, 0.1) is 0 Å². The van der Waals surface area contributed by atoms with Crippen molar-refractivity contribution in [3.05, 3.63) is 165 Å². The molecule has 0 saturated carbocycles. The Morgan fingerprint density at radius 2 is 1.27 bits per heavy atom. The average molecular weight is 713 g/mol. The molecule has 0 unspecified atom stereocenters. The van der Waals surface area contributed by atoms with E-state index in [0.717, 1.165) is 35.4 Å². The lowest BCUT2D eigenvalue weighted by Gasteiger charge is -2.33. The molecule has 0 atom stereocenters. The smallest absolute Gasteiger partial charge is 0.416 e. The van der Waals surface area contributed by atoms with Crippen LogP contribution >= 0.6 is 0 Å². The summed E-state index contributed by atoms with van der Waals surface area (Å²) in [6.07, 6.45) is -6.17. The maximum atomic E-state index is 13.9.